The standard InChI is InChI=1S/C30H58O16/c1-31-13-17(35-5)21(37-7)24(18(36-6)14-32-2)45-30-28(42-12)26(23(39-9)20(44-30)16-34-4)46-29-27(41-11)25(40-10)22(38-8)19(43-29)15-33-3/h17-30H,13-16H2,1-12H3/t17?,18?,19-,20?,21?,22+,23?,24?,25+,26?,27-,28?,29+,30?/m1/s1. The Morgan fingerprint density at radius 3 is 1.28 bits per heavy atom. The Morgan fingerprint density at radius 1 is 0.435 bits per heavy atom. The summed E-state index contributed by atoms with van der Waals surface area (Å²) >= 11 is 0. The van der Waals surface area contributed by atoms with Gasteiger partial charge in [0.05, 0.1) is 26.4 Å². The first kappa shape index (κ1) is 41.5. The molecule has 0 spiro atoms. The van der Waals surface area contributed by atoms with Crippen LogP contribution < -0.4 is 0 Å². The Bertz CT molecular complexity index is 781. The molecule has 0 radical (unpaired) electrons. The van der Waals surface area contributed by atoms with Gasteiger partial charge in [0.25, 0.3) is 0 Å². The van der Waals surface area contributed by atoms with Gasteiger partial charge in [-0.1, -0.05) is 0 Å². The SMILES string of the molecule is COCC(OC)C(OC)C(OC1OC(COC)C(OC)C(O[C@@H]2O[C@H](COC)[C@H](OC)[C@H](OC)[C@H]2OC)C1OC)C(COC)OC. The predicted octanol–water partition coefficient (Wildman–Crippen LogP) is -0.0878. The molecule has 0 aromatic carbocycles. The Morgan fingerprint density at radius 2 is 0.870 bits per heavy atom. The lowest BCUT2D eigenvalue weighted by Gasteiger charge is -2.50. The van der Waals surface area contributed by atoms with Crippen LogP contribution in [0.3, 0.4) is 0 Å². The van der Waals surface area contributed by atoms with Crippen LogP contribution in [0.5, 0.6) is 0 Å². The van der Waals surface area contributed by atoms with Gasteiger partial charge in [-0.15, -0.1) is 0 Å². The van der Waals surface area contributed by atoms with Crippen LogP contribution in [-0.2, 0) is 75.8 Å². The van der Waals surface area contributed by atoms with Crippen LogP contribution >= 0.6 is 0 Å². The van der Waals surface area contributed by atoms with Gasteiger partial charge in [0.1, 0.15) is 73.2 Å². The summed E-state index contributed by atoms with van der Waals surface area (Å²) < 4.78 is 95.0. The average molecular weight is 675 g/mol. The zero-order valence-corrected chi connectivity index (χ0v) is 29.4. The molecular weight excluding hydrogens is 616 g/mol. The second-order valence-electron chi connectivity index (χ2n) is 10.9. The molecule has 9 unspecified atom stereocenters. The minimum absolute atomic E-state index is 0.154. The van der Waals surface area contributed by atoms with Crippen molar-refractivity contribution in [3.63, 3.8) is 0 Å². The largest absolute Gasteiger partial charge is 0.382 e. The fraction of sp³-hybridized carbons (Fsp3) is 1.00. The third kappa shape index (κ3) is 10.2. The second kappa shape index (κ2) is 22.2. The monoisotopic (exact) mass is 674 g/mol. The summed E-state index contributed by atoms with van der Waals surface area (Å²) in [7, 11) is 18.8. The van der Waals surface area contributed by atoms with Crippen LogP contribution in [0.1, 0.15) is 0 Å². The molecule has 16 heteroatoms. The summed E-state index contributed by atoms with van der Waals surface area (Å²) in [5.74, 6) is 0. The maximum Gasteiger partial charge on any atom is 0.187 e. The van der Waals surface area contributed by atoms with Gasteiger partial charge in [-0.3, -0.25) is 0 Å². The molecule has 2 aliphatic rings. The average Bonchev–Trinajstić information content (AvgIpc) is 3.06. The summed E-state index contributed by atoms with van der Waals surface area (Å²) in [6.45, 7) is 0.788. The zero-order chi connectivity index (χ0) is 34.2. The van der Waals surface area contributed by atoms with E-state index < -0.39 is 85.8 Å². The molecule has 16 nitrogen and oxygen atoms in total. The molecule has 2 fully saturated rings. The maximum atomic E-state index is 6.73. The second-order valence-corrected chi connectivity index (χ2v) is 10.9. The van der Waals surface area contributed by atoms with E-state index >= 15 is 0 Å². The van der Waals surface area contributed by atoms with Gasteiger partial charge in [0.15, 0.2) is 12.6 Å². The molecule has 0 aromatic heterocycles. The summed E-state index contributed by atoms with van der Waals surface area (Å²) in [6.07, 6.45) is -9.85. The molecule has 14 atom stereocenters. The molecule has 0 aromatic rings. The highest BCUT2D eigenvalue weighted by Crippen LogP contribution is 2.35. The highest BCUT2D eigenvalue weighted by molar-refractivity contribution is 4.98. The van der Waals surface area contributed by atoms with Crippen LogP contribution in [0.2, 0.25) is 0 Å². The molecule has 0 aliphatic carbocycles. The highest BCUT2D eigenvalue weighted by atomic mass is 16.8. The summed E-state index contributed by atoms with van der Waals surface area (Å²) in [5, 5.41) is 0. The van der Waals surface area contributed by atoms with E-state index in [4.69, 9.17) is 75.8 Å². The normalized spacial score (nSPS) is 34.7. The number of hydrogen-bond donors (Lipinski definition) is 0. The van der Waals surface area contributed by atoms with E-state index in [0.29, 0.717) is 0 Å². The van der Waals surface area contributed by atoms with E-state index in [1.807, 2.05) is 0 Å². The zero-order valence-electron chi connectivity index (χ0n) is 29.4. The van der Waals surface area contributed by atoms with Crippen molar-refractivity contribution in [2.75, 3.05) is 112 Å². The summed E-state index contributed by atoms with van der Waals surface area (Å²) in [6, 6.07) is 0. The molecule has 2 rings (SSSR count). The topological polar surface area (TPSA) is 148 Å². The van der Waals surface area contributed by atoms with E-state index in [0.717, 1.165) is 0 Å². The van der Waals surface area contributed by atoms with Gasteiger partial charge >= 0.3 is 0 Å². The first-order valence-corrected chi connectivity index (χ1v) is 15.1. The fourth-order valence-corrected chi connectivity index (χ4v) is 6.17. The summed E-state index contributed by atoms with van der Waals surface area (Å²) in [4.78, 5) is 0. The predicted molar refractivity (Wildman–Crippen MR) is 161 cm³/mol. The smallest absolute Gasteiger partial charge is 0.187 e. The van der Waals surface area contributed by atoms with Gasteiger partial charge in [-0.05, 0) is 0 Å². The van der Waals surface area contributed by atoms with Crippen LogP contribution in [0.15, 0.2) is 0 Å². The van der Waals surface area contributed by atoms with Crippen LogP contribution in [0, 0.1) is 0 Å². The Kier molecular flexibility index (Phi) is 20.0. The Hall–Kier alpha value is -0.640. The van der Waals surface area contributed by atoms with Gasteiger partial charge in [0, 0.05) is 85.3 Å². The van der Waals surface area contributed by atoms with Crippen LogP contribution in [-0.4, -0.2) is 198 Å². The van der Waals surface area contributed by atoms with Crippen molar-refractivity contribution in [2.45, 2.75) is 85.8 Å². The van der Waals surface area contributed by atoms with Crippen molar-refractivity contribution in [1.82, 2.24) is 0 Å². The lowest BCUT2D eigenvalue weighted by molar-refractivity contribution is -0.377. The van der Waals surface area contributed by atoms with E-state index in [1.54, 1.807) is 78.2 Å². The molecule has 0 N–H and O–H groups in total. The maximum absolute atomic E-state index is 6.73. The van der Waals surface area contributed by atoms with E-state index in [2.05, 4.69) is 0 Å². The van der Waals surface area contributed by atoms with Crippen molar-refractivity contribution < 1.29 is 75.8 Å². The van der Waals surface area contributed by atoms with Crippen LogP contribution in [0.25, 0.3) is 0 Å². The number of hydrogen-bond acceptors (Lipinski definition) is 16. The highest BCUT2D eigenvalue weighted by Gasteiger charge is 2.54. The van der Waals surface area contributed by atoms with Gasteiger partial charge < -0.3 is 75.8 Å². The molecule has 2 heterocycles. The molecule has 0 amide bonds. The molecule has 0 saturated carbocycles. The third-order valence-corrected chi connectivity index (χ3v) is 8.38. The summed E-state index contributed by atoms with van der Waals surface area (Å²) in [5.41, 5.74) is 0. The van der Waals surface area contributed by atoms with Crippen LogP contribution in [0.4, 0.5) is 0 Å². The van der Waals surface area contributed by atoms with E-state index in [1.165, 1.54) is 7.11 Å². The molecular formula is C30H58O16. The van der Waals surface area contributed by atoms with E-state index in [-0.39, 0.29) is 26.4 Å². The quantitative estimate of drug-likeness (QED) is 0.142. The lowest BCUT2D eigenvalue weighted by atomic mass is 9.96. The third-order valence-electron chi connectivity index (χ3n) is 8.38. The van der Waals surface area contributed by atoms with Crippen molar-refractivity contribution in [3.8, 4) is 0 Å². The number of rotatable bonds is 23. The molecule has 46 heavy (non-hydrogen) atoms. The first-order chi connectivity index (χ1) is 22.3. The van der Waals surface area contributed by atoms with Gasteiger partial charge in [0.2, 0.25) is 0 Å². The molecule has 2 saturated heterocycles. The lowest BCUT2D eigenvalue weighted by Crippen LogP contribution is -2.67. The van der Waals surface area contributed by atoms with Gasteiger partial charge in [-0.25, -0.2) is 0 Å². The molecule has 2 aliphatic heterocycles. The molecule has 0 bridgehead atoms. The Balaban J connectivity index is 2.56. The molecule has 274 valence electrons. The van der Waals surface area contributed by atoms with Crippen molar-refractivity contribution in [3.05, 3.63) is 0 Å². The van der Waals surface area contributed by atoms with Gasteiger partial charge in [-0.2, -0.15) is 0 Å². The first-order valence-electron chi connectivity index (χ1n) is 15.1. The van der Waals surface area contributed by atoms with Crippen molar-refractivity contribution in [2.24, 2.45) is 0 Å². The fourth-order valence-electron chi connectivity index (χ4n) is 6.17. The number of ether oxygens (including phenoxy) is 16. The minimum atomic E-state index is -1.04. The van der Waals surface area contributed by atoms with E-state index in [9.17, 15) is 0 Å². The van der Waals surface area contributed by atoms with Crippen molar-refractivity contribution in [1.29, 1.82) is 0 Å². The number of methoxy groups -OCH3 is 12. The Labute approximate surface area is 273 Å². The van der Waals surface area contributed by atoms with Crippen molar-refractivity contribution >= 4 is 0 Å². The minimum Gasteiger partial charge on any atom is -0.382 e.